The predicted molar refractivity (Wildman–Crippen MR) is 70.0 cm³/mol. The van der Waals surface area contributed by atoms with E-state index in [1.165, 1.54) is 4.90 Å². The van der Waals surface area contributed by atoms with Gasteiger partial charge in [0.05, 0.1) is 6.04 Å². The van der Waals surface area contributed by atoms with Crippen molar-refractivity contribution in [3.63, 3.8) is 0 Å². The lowest BCUT2D eigenvalue weighted by atomic mass is 10.1. The summed E-state index contributed by atoms with van der Waals surface area (Å²) in [5.74, 6) is 1.77. The molecule has 0 aromatic heterocycles. The van der Waals surface area contributed by atoms with Crippen molar-refractivity contribution in [1.82, 2.24) is 0 Å². The van der Waals surface area contributed by atoms with Crippen molar-refractivity contribution in [1.29, 1.82) is 0 Å². The average molecular weight is 237 g/mol. The Hall–Kier alpha value is -0.800. The van der Waals surface area contributed by atoms with Crippen LogP contribution >= 0.6 is 11.8 Å². The second kappa shape index (κ2) is 6.06. The maximum Gasteiger partial charge on any atom is 0.179 e. The minimum Gasteiger partial charge on any atom is -0.321 e. The van der Waals surface area contributed by atoms with E-state index in [1.54, 1.807) is 6.92 Å². The van der Waals surface area contributed by atoms with E-state index in [2.05, 4.69) is 13.8 Å². The van der Waals surface area contributed by atoms with E-state index in [0.29, 0.717) is 11.5 Å². The van der Waals surface area contributed by atoms with Crippen molar-refractivity contribution < 1.29 is 4.79 Å². The van der Waals surface area contributed by atoms with Crippen LogP contribution in [0.4, 0.5) is 0 Å². The number of ketones is 1. The Balaban J connectivity index is 2.64. The van der Waals surface area contributed by atoms with Crippen LogP contribution in [0.15, 0.2) is 29.2 Å². The van der Waals surface area contributed by atoms with Crippen LogP contribution in [0, 0.1) is 5.92 Å². The Morgan fingerprint density at radius 2 is 1.81 bits per heavy atom. The van der Waals surface area contributed by atoms with E-state index < -0.39 is 6.04 Å². The second-order valence-corrected chi connectivity index (χ2v) is 5.48. The van der Waals surface area contributed by atoms with E-state index in [9.17, 15) is 4.79 Å². The van der Waals surface area contributed by atoms with Gasteiger partial charge in [0.2, 0.25) is 0 Å². The third kappa shape index (κ3) is 3.99. The summed E-state index contributed by atoms with van der Waals surface area (Å²) in [4.78, 5) is 12.8. The Bertz CT molecular complexity index is 343. The summed E-state index contributed by atoms with van der Waals surface area (Å²) in [5.41, 5.74) is 6.25. The van der Waals surface area contributed by atoms with Gasteiger partial charge in [0.15, 0.2) is 5.78 Å². The fourth-order valence-electron chi connectivity index (χ4n) is 1.24. The third-order valence-corrected chi connectivity index (χ3v) is 3.57. The van der Waals surface area contributed by atoms with Crippen LogP contribution in [0.3, 0.4) is 0 Å². The molecule has 0 saturated carbocycles. The minimum atomic E-state index is -0.422. The number of benzene rings is 1. The summed E-state index contributed by atoms with van der Waals surface area (Å²) >= 11 is 1.81. The van der Waals surface area contributed by atoms with Crippen LogP contribution in [0.5, 0.6) is 0 Å². The SMILES string of the molecule is CC(C)CSc1ccc(C(=O)C(C)N)cc1. The normalized spacial score (nSPS) is 12.8. The monoisotopic (exact) mass is 237 g/mol. The predicted octanol–water partition coefficient (Wildman–Crippen LogP) is 2.96. The first-order valence-electron chi connectivity index (χ1n) is 5.53. The molecule has 0 spiro atoms. The van der Waals surface area contributed by atoms with Crippen LogP contribution in [0.1, 0.15) is 31.1 Å². The largest absolute Gasteiger partial charge is 0.321 e. The number of nitrogens with two attached hydrogens (primary N) is 1. The lowest BCUT2D eigenvalue weighted by molar-refractivity contribution is 0.0968. The number of hydrogen-bond donors (Lipinski definition) is 1. The first-order valence-corrected chi connectivity index (χ1v) is 6.52. The number of thioether (sulfide) groups is 1. The van der Waals surface area contributed by atoms with Crippen molar-refractivity contribution in [3.05, 3.63) is 29.8 Å². The Morgan fingerprint density at radius 3 is 2.25 bits per heavy atom. The molecule has 1 aromatic carbocycles. The molecule has 88 valence electrons. The van der Waals surface area contributed by atoms with E-state index in [-0.39, 0.29) is 5.78 Å². The van der Waals surface area contributed by atoms with Crippen molar-refractivity contribution in [2.75, 3.05) is 5.75 Å². The number of rotatable bonds is 5. The molecule has 2 N–H and O–H groups in total. The summed E-state index contributed by atoms with van der Waals surface area (Å²) in [6.07, 6.45) is 0. The molecule has 3 heteroatoms. The van der Waals surface area contributed by atoms with Crippen LogP contribution in [0.25, 0.3) is 0 Å². The maximum absolute atomic E-state index is 11.6. The van der Waals surface area contributed by atoms with Crippen LogP contribution < -0.4 is 5.73 Å². The van der Waals surface area contributed by atoms with E-state index in [4.69, 9.17) is 5.73 Å². The highest BCUT2D eigenvalue weighted by atomic mass is 32.2. The Labute approximate surface area is 102 Å². The average Bonchev–Trinajstić information content (AvgIpc) is 2.26. The molecule has 1 aromatic rings. The number of hydrogen-bond acceptors (Lipinski definition) is 3. The van der Waals surface area contributed by atoms with Gasteiger partial charge in [0.25, 0.3) is 0 Å². The van der Waals surface area contributed by atoms with Gasteiger partial charge >= 0.3 is 0 Å². The quantitative estimate of drug-likeness (QED) is 0.632. The first-order chi connectivity index (χ1) is 7.50. The van der Waals surface area contributed by atoms with E-state index in [0.717, 1.165) is 5.75 Å². The molecule has 0 aliphatic heterocycles. The van der Waals surface area contributed by atoms with Gasteiger partial charge in [-0.1, -0.05) is 26.0 Å². The molecule has 0 saturated heterocycles. The lowest BCUT2D eigenvalue weighted by Crippen LogP contribution is -2.26. The van der Waals surface area contributed by atoms with Crippen molar-refractivity contribution >= 4 is 17.5 Å². The maximum atomic E-state index is 11.6. The third-order valence-electron chi connectivity index (χ3n) is 2.14. The van der Waals surface area contributed by atoms with Crippen LogP contribution in [-0.2, 0) is 0 Å². The molecule has 1 atom stereocenters. The zero-order valence-electron chi connectivity index (χ0n) is 10.1. The van der Waals surface area contributed by atoms with Crippen molar-refractivity contribution in [3.8, 4) is 0 Å². The molecule has 0 bridgehead atoms. The van der Waals surface area contributed by atoms with Crippen molar-refractivity contribution in [2.24, 2.45) is 11.7 Å². The highest BCUT2D eigenvalue weighted by Crippen LogP contribution is 2.21. The number of carbonyl (C=O) groups excluding carboxylic acids is 1. The van der Waals surface area contributed by atoms with Crippen LogP contribution in [-0.4, -0.2) is 17.6 Å². The second-order valence-electron chi connectivity index (χ2n) is 4.38. The van der Waals surface area contributed by atoms with Gasteiger partial charge in [-0.25, -0.2) is 0 Å². The van der Waals surface area contributed by atoms with Crippen molar-refractivity contribution in [2.45, 2.75) is 31.7 Å². The smallest absolute Gasteiger partial charge is 0.179 e. The highest BCUT2D eigenvalue weighted by molar-refractivity contribution is 7.99. The Morgan fingerprint density at radius 1 is 1.25 bits per heavy atom. The molecular weight excluding hydrogens is 218 g/mol. The fourth-order valence-corrected chi connectivity index (χ4v) is 2.10. The zero-order chi connectivity index (χ0) is 12.1. The summed E-state index contributed by atoms with van der Waals surface area (Å²) in [5, 5.41) is 0. The first kappa shape index (κ1) is 13.3. The molecule has 2 nitrogen and oxygen atoms in total. The molecular formula is C13H19NOS. The van der Waals surface area contributed by atoms with Gasteiger partial charge < -0.3 is 5.73 Å². The lowest BCUT2D eigenvalue weighted by Gasteiger charge is -2.07. The molecule has 0 heterocycles. The van der Waals surface area contributed by atoms with E-state index in [1.807, 2.05) is 36.0 Å². The molecule has 16 heavy (non-hydrogen) atoms. The van der Waals surface area contributed by atoms with E-state index >= 15 is 0 Å². The summed E-state index contributed by atoms with van der Waals surface area (Å²) in [6, 6.07) is 7.27. The van der Waals surface area contributed by atoms with Gasteiger partial charge in [-0.15, -0.1) is 11.8 Å². The van der Waals surface area contributed by atoms with Crippen LogP contribution in [0.2, 0.25) is 0 Å². The number of carbonyl (C=O) groups is 1. The van der Waals surface area contributed by atoms with Gasteiger partial charge in [0, 0.05) is 16.2 Å². The topological polar surface area (TPSA) is 43.1 Å². The van der Waals surface area contributed by atoms with Gasteiger partial charge in [-0.3, -0.25) is 4.79 Å². The fraction of sp³-hybridized carbons (Fsp3) is 0.462. The molecule has 0 aliphatic rings. The summed E-state index contributed by atoms with van der Waals surface area (Å²) in [6.45, 7) is 6.10. The minimum absolute atomic E-state index is 0.000379. The molecule has 1 unspecified atom stereocenters. The molecule has 1 rings (SSSR count). The van der Waals surface area contributed by atoms with Gasteiger partial charge in [-0.2, -0.15) is 0 Å². The highest BCUT2D eigenvalue weighted by Gasteiger charge is 2.10. The Kier molecular flexibility index (Phi) is 5.03. The molecule has 0 aliphatic carbocycles. The molecule has 0 amide bonds. The standard InChI is InChI=1S/C13H19NOS/c1-9(2)8-16-12-6-4-11(5-7-12)13(15)10(3)14/h4-7,9-10H,8,14H2,1-3H3. The van der Waals surface area contributed by atoms with Gasteiger partial charge in [-0.05, 0) is 25.0 Å². The molecule has 0 fully saturated rings. The summed E-state index contributed by atoms with van der Waals surface area (Å²) < 4.78 is 0. The summed E-state index contributed by atoms with van der Waals surface area (Å²) in [7, 11) is 0. The zero-order valence-corrected chi connectivity index (χ0v) is 10.9. The molecule has 0 radical (unpaired) electrons. The number of Topliss-reactive ketones (excluding diaryl/α,β-unsaturated/α-hetero) is 1. The van der Waals surface area contributed by atoms with Gasteiger partial charge in [0.1, 0.15) is 0 Å².